The Hall–Kier alpha value is -0.0000000000000000833. The molecule has 17 heavy (non-hydrogen) atoms. The highest BCUT2D eigenvalue weighted by atomic mass is 32.2. The number of ketones is 1. The summed E-state index contributed by atoms with van der Waals surface area (Å²) in [6, 6.07) is 0. The van der Waals surface area contributed by atoms with E-state index in [0.717, 1.165) is 16.5 Å². The molecule has 3 atom stereocenters. The number of aromatic nitrogens is 1. The van der Waals surface area contributed by atoms with Gasteiger partial charge in [0.15, 0.2) is 5.78 Å². The van der Waals surface area contributed by atoms with E-state index in [-0.39, 0.29) is 5.25 Å². The molecule has 5 heteroatoms. The number of rotatable bonds is 3. The number of Topliss-reactive ketones (excluding diaryl/α,β-unsaturated/α-hetero) is 1. The van der Waals surface area contributed by atoms with Gasteiger partial charge in [-0.05, 0) is 6.92 Å². The molecular weight excluding hydrogens is 270 g/mol. The van der Waals surface area contributed by atoms with Crippen molar-refractivity contribution in [1.82, 2.24) is 4.98 Å². The minimum absolute atomic E-state index is 0.160. The summed E-state index contributed by atoms with van der Waals surface area (Å²) in [5, 5.41) is 4.43. The summed E-state index contributed by atoms with van der Waals surface area (Å²) in [7, 11) is 0. The number of aryl methyl sites for hydroxylation is 1. The van der Waals surface area contributed by atoms with Crippen LogP contribution in [0.25, 0.3) is 0 Å². The van der Waals surface area contributed by atoms with E-state index in [1.807, 2.05) is 35.8 Å². The van der Waals surface area contributed by atoms with E-state index in [1.165, 1.54) is 0 Å². The quantitative estimate of drug-likeness (QED) is 0.854. The van der Waals surface area contributed by atoms with Crippen LogP contribution < -0.4 is 0 Å². The van der Waals surface area contributed by atoms with Crippen LogP contribution in [0.15, 0.2) is 5.38 Å². The molecule has 1 aromatic heterocycles. The predicted molar refractivity (Wildman–Crippen MR) is 78.3 cm³/mol. The van der Waals surface area contributed by atoms with Crippen molar-refractivity contribution in [2.45, 2.75) is 42.9 Å². The first-order valence-corrected chi connectivity index (χ1v) is 8.64. The van der Waals surface area contributed by atoms with Gasteiger partial charge in [-0.25, -0.2) is 4.98 Å². The van der Waals surface area contributed by atoms with Gasteiger partial charge in [0, 0.05) is 21.6 Å². The molecule has 0 aromatic carbocycles. The van der Waals surface area contributed by atoms with Crippen molar-refractivity contribution in [2.75, 3.05) is 5.75 Å². The van der Waals surface area contributed by atoms with Crippen LogP contribution in [0.5, 0.6) is 0 Å². The number of hydrogen-bond donors (Lipinski definition) is 0. The zero-order valence-corrected chi connectivity index (χ0v) is 12.8. The molecule has 1 aliphatic rings. The van der Waals surface area contributed by atoms with Crippen LogP contribution in [0.2, 0.25) is 0 Å². The molecule has 2 heterocycles. The maximum atomic E-state index is 12.2. The molecule has 0 spiro atoms. The van der Waals surface area contributed by atoms with Gasteiger partial charge < -0.3 is 0 Å². The fraction of sp³-hybridized carbons (Fsp3) is 0.667. The van der Waals surface area contributed by atoms with Crippen LogP contribution in [0, 0.1) is 6.92 Å². The molecule has 1 aromatic rings. The Morgan fingerprint density at radius 1 is 1.47 bits per heavy atom. The summed E-state index contributed by atoms with van der Waals surface area (Å²) >= 11 is 5.37. The first-order valence-electron chi connectivity index (χ1n) is 5.77. The minimum atomic E-state index is 0.160. The Morgan fingerprint density at radius 3 is 2.82 bits per heavy atom. The lowest BCUT2D eigenvalue weighted by Crippen LogP contribution is -2.32. The third-order valence-electron chi connectivity index (χ3n) is 2.93. The zero-order valence-electron chi connectivity index (χ0n) is 10.3. The molecule has 1 aliphatic heterocycles. The standard InChI is InChI=1S/C12H17NOS3/c1-7-8(2)17-12(6-15-7)11(14)4-10-5-16-9(3)13-10/h5,7-8,12H,4,6H2,1-3H3. The lowest BCUT2D eigenvalue weighted by Gasteiger charge is -2.30. The maximum Gasteiger partial charge on any atom is 0.152 e. The smallest absolute Gasteiger partial charge is 0.152 e. The lowest BCUT2D eigenvalue weighted by molar-refractivity contribution is -0.117. The molecule has 0 saturated carbocycles. The second-order valence-corrected chi connectivity index (χ2v) is 8.43. The van der Waals surface area contributed by atoms with Gasteiger partial charge in [0.25, 0.3) is 0 Å². The van der Waals surface area contributed by atoms with Crippen molar-refractivity contribution in [2.24, 2.45) is 0 Å². The fourth-order valence-electron chi connectivity index (χ4n) is 1.73. The molecule has 0 radical (unpaired) electrons. The highest BCUT2D eigenvalue weighted by Gasteiger charge is 2.30. The largest absolute Gasteiger partial charge is 0.298 e. The molecule has 2 nitrogen and oxygen atoms in total. The predicted octanol–water partition coefficient (Wildman–Crippen LogP) is 3.19. The molecule has 0 aliphatic carbocycles. The van der Waals surface area contributed by atoms with Gasteiger partial charge in [-0.1, -0.05) is 13.8 Å². The second kappa shape index (κ2) is 5.76. The van der Waals surface area contributed by atoms with Crippen molar-refractivity contribution in [3.63, 3.8) is 0 Å². The van der Waals surface area contributed by atoms with Crippen LogP contribution in [0.4, 0.5) is 0 Å². The van der Waals surface area contributed by atoms with Crippen LogP contribution in [-0.4, -0.2) is 32.3 Å². The average Bonchev–Trinajstić information content (AvgIpc) is 2.68. The maximum absolute atomic E-state index is 12.2. The molecule has 1 saturated heterocycles. The van der Waals surface area contributed by atoms with E-state index in [0.29, 0.717) is 22.7 Å². The first kappa shape index (κ1) is 13.4. The lowest BCUT2D eigenvalue weighted by atomic mass is 10.2. The third kappa shape index (κ3) is 3.48. The van der Waals surface area contributed by atoms with Crippen LogP contribution >= 0.6 is 34.9 Å². The van der Waals surface area contributed by atoms with E-state index in [9.17, 15) is 4.79 Å². The summed E-state index contributed by atoms with van der Waals surface area (Å²) in [6.07, 6.45) is 0.504. The molecule has 94 valence electrons. The van der Waals surface area contributed by atoms with E-state index in [2.05, 4.69) is 18.8 Å². The number of nitrogens with zero attached hydrogens (tertiary/aromatic N) is 1. The molecule has 3 unspecified atom stereocenters. The summed E-state index contributed by atoms with van der Waals surface area (Å²) < 4.78 is 0. The fourth-order valence-corrected chi connectivity index (χ4v) is 5.23. The van der Waals surface area contributed by atoms with Crippen molar-refractivity contribution in [3.8, 4) is 0 Å². The summed E-state index contributed by atoms with van der Waals surface area (Å²) in [5.41, 5.74) is 0.939. The van der Waals surface area contributed by atoms with Gasteiger partial charge in [-0.15, -0.1) is 23.1 Å². The van der Waals surface area contributed by atoms with E-state index < -0.39 is 0 Å². The van der Waals surface area contributed by atoms with Gasteiger partial charge >= 0.3 is 0 Å². The van der Waals surface area contributed by atoms with Gasteiger partial charge in [0.05, 0.1) is 22.4 Å². The molecular formula is C12H17NOS3. The highest BCUT2D eigenvalue weighted by Crippen LogP contribution is 2.36. The Kier molecular flexibility index (Phi) is 4.55. The van der Waals surface area contributed by atoms with Crippen molar-refractivity contribution in [3.05, 3.63) is 16.1 Å². The van der Waals surface area contributed by atoms with E-state index >= 15 is 0 Å². The number of carbonyl (C=O) groups is 1. The summed E-state index contributed by atoms with van der Waals surface area (Å²) in [4.78, 5) is 16.5. The number of hydrogen-bond acceptors (Lipinski definition) is 5. The normalized spacial score (nSPS) is 29.2. The number of thiazole rings is 1. The monoisotopic (exact) mass is 287 g/mol. The Labute approximate surface area is 115 Å². The molecule has 0 N–H and O–H groups in total. The molecule has 2 rings (SSSR count). The number of carbonyl (C=O) groups excluding carboxylic acids is 1. The van der Waals surface area contributed by atoms with E-state index in [4.69, 9.17) is 0 Å². The Bertz CT molecular complexity index is 404. The van der Waals surface area contributed by atoms with Crippen molar-refractivity contribution < 1.29 is 4.79 Å². The summed E-state index contributed by atoms with van der Waals surface area (Å²) in [6.45, 7) is 6.44. The Morgan fingerprint density at radius 2 is 2.24 bits per heavy atom. The minimum Gasteiger partial charge on any atom is -0.298 e. The van der Waals surface area contributed by atoms with Gasteiger partial charge in [-0.2, -0.15) is 11.8 Å². The Balaban J connectivity index is 1.92. The van der Waals surface area contributed by atoms with Crippen molar-refractivity contribution in [1.29, 1.82) is 0 Å². The van der Waals surface area contributed by atoms with Gasteiger partial charge in [0.2, 0.25) is 0 Å². The molecule has 0 amide bonds. The molecule has 1 fully saturated rings. The second-order valence-electron chi connectivity index (χ2n) is 4.37. The summed E-state index contributed by atoms with van der Waals surface area (Å²) in [5.74, 6) is 1.30. The highest BCUT2D eigenvalue weighted by molar-refractivity contribution is 8.08. The first-order chi connectivity index (χ1) is 8.06. The topological polar surface area (TPSA) is 30.0 Å². The van der Waals surface area contributed by atoms with Crippen molar-refractivity contribution >= 4 is 40.6 Å². The third-order valence-corrected chi connectivity index (χ3v) is 7.19. The molecule has 0 bridgehead atoms. The SMILES string of the molecule is Cc1nc(CC(=O)C2CSC(C)C(C)S2)cs1. The van der Waals surface area contributed by atoms with Crippen LogP contribution in [-0.2, 0) is 11.2 Å². The van der Waals surface area contributed by atoms with Gasteiger partial charge in [-0.3, -0.25) is 4.79 Å². The number of thioether (sulfide) groups is 2. The van der Waals surface area contributed by atoms with Crippen LogP contribution in [0.3, 0.4) is 0 Å². The average molecular weight is 287 g/mol. The van der Waals surface area contributed by atoms with Crippen LogP contribution in [0.1, 0.15) is 24.5 Å². The van der Waals surface area contributed by atoms with Gasteiger partial charge in [0.1, 0.15) is 0 Å². The zero-order chi connectivity index (χ0) is 12.4. The van der Waals surface area contributed by atoms with E-state index in [1.54, 1.807) is 11.3 Å².